The third-order valence-corrected chi connectivity index (χ3v) is 7.67. The van der Waals surface area contributed by atoms with Gasteiger partial charge in [-0.1, -0.05) is 12.1 Å². The number of hydrogen-bond donors (Lipinski definition) is 3. The molecule has 0 atom stereocenters. The summed E-state index contributed by atoms with van der Waals surface area (Å²) in [7, 11) is 1.39. The first-order valence-corrected chi connectivity index (χ1v) is 13.9. The molecule has 2 aromatic carbocycles. The number of methoxy groups -OCH3 is 1. The molecule has 0 unspecified atom stereocenters. The molecule has 0 saturated carbocycles. The smallest absolute Gasteiger partial charge is 0.337 e. The first-order valence-electron chi connectivity index (χ1n) is 13.9. The minimum absolute atomic E-state index is 0.297. The summed E-state index contributed by atoms with van der Waals surface area (Å²) in [6.45, 7) is 7.00. The van der Waals surface area contributed by atoms with Gasteiger partial charge in [-0.2, -0.15) is 0 Å². The van der Waals surface area contributed by atoms with Crippen LogP contribution in [-0.4, -0.2) is 57.2 Å². The number of nitrogens with zero attached hydrogens (tertiary/aromatic N) is 6. The van der Waals surface area contributed by atoms with Gasteiger partial charge in [-0.05, 0) is 49.2 Å². The van der Waals surface area contributed by atoms with Crippen molar-refractivity contribution in [1.82, 2.24) is 19.9 Å². The van der Waals surface area contributed by atoms with Gasteiger partial charge in [0.15, 0.2) is 0 Å². The van der Waals surface area contributed by atoms with Crippen LogP contribution in [-0.2, 0) is 30.7 Å². The molecular weight excluding hydrogens is 548 g/mol. The zero-order valence-corrected chi connectivity index (χ0v) is 24.4. The number of carbonyl (C=O) groups excluding carboxylic acids is 1. The molecule has 43 heavy (non-hydrogen) atoms. The molecule has 12 heteroatoms. The Hall–Kier alpha value is -5.26. The van der Waals surface area contributed by atoms with E-state index in [4.69, 9.17) is 21.3 Å². The summed E-state index contributed by atoms with van der Waals surface area (Å²) < 4.78 is 4.80. The molecular formula is C31H34N8O4. The van der Waals surface area contributed by atoms with Crippen LogP contribution < -0.4 is 21.3 Å². The molecule has 0 amide bonds. The SMILES string of the molecule is COC(=O)c1ccc(C)c(N2CCc3nc(N)ncc3C2)c1.Cc1ccc(C(=O)O)cc1N1CCc2nc(N)ncc2C1. The number of rotatable bonds is 4. The molecule has 0 bridgehead atoms. The summed E-state index contributed by atoms with van der Waals surface area (Å²) in [4.78, 5) is 43.9. The molecule has 2 aliphatic rings. The minimum Gasteiger partial charge on any atom is -0.478 e. The number of esters is 1. The van der Waals surface area contributed by atoms with E-state index in [-0.39, 0.29) is 5.97 Å². The van der Waals surface area contributed by atoms with Crippen LogP contribution in [0.1, 0.15) is 54.4 Å². The van der Waals surface area contributed by atoms with Crippen molar-refractivity contribution in [3.8, 4) is 0 Å². The third kappa shape index (κ3) is 6.48. The topological polar surface area (TPSA) is 174 Å². The molecule has 6 rings (SSSR count). The van der Waals surface area contributed by atoms with Crippen LogP contribution in [0.25, 0.3) is 0 Å². The van der Waals surface area contributed by atoms with Gasteiger partial charge in [0.05, 0.1) is 29.6 Å². The van der Waals surface area contributed by atoms with E-state index in [1.54, 1.807) is 30.6 Å². The Kier molecular flexibility index (Phi) is 8.37. The van der Waals surface area contributed by atoms with E-state index in [0.717, 1.165) is 70.9 Å². The lowest BCUT2D eigenvalue weighted by Crippen LogP contribution is -2.32. The standard InChI is InChI=1S/C16H18N4O2.C15H16N4O2/c1-10-3-4-11(15(21)22-2)7-14(10)20-6-5-13-12(9-20)8-18-16(17)19-13;1-9-2-3-10(14(20)21)6-13(9)19-5-4-12-11(8-19)7-17-15(16)18-12/h3-4,7-8H,5-6,9H2,1-2H3,(H2,17,18,19);2-3,6-7H,4-5,8H2,1H3,(H,20,21)(H2,16,17,18). The Bertz CT molecular complexity index is 1690. The van der Waals surface area contributed by atoms with E-state index in [1.165, 1.54) is 7.11 Å². The molecule has 0 fully saturated rings. The molecule has 0 saturated heterocycles. The lowest BCUT2D eigenvalue weighted by atomic mass is 10.0. The van der Waals surface area contributed by atoms with Gasteiger partial charge < -0.3 is 31.1 Å². The Balaban J connectivity index is 0.000000171. The van der Waals surface area contributed by atoms with Crippen molar-refractivity contribution in [1.29, 1.82) is 0 Å². The normalized spacial score (nSPS) is 13.7. The summed E-state index contributed by atoms with van der Waals surface area (Å²) in [5, 5.41) is 9.13. The number of ether oxygens (including phenoxy) is 1. The van der Waals surface area contributed by atoms with Crippen molar-refractivity contribution < 1.29 is 19.4 Å². The van der Waals surface area contributed by atoms with Crippen molar-refractivity contribution in [2.45, 2.75) is 39.8 Å². The van der Waals surface area contributed by atoms with Gasteiger partial charge >= 0.3 is 11.9 Å². The number of aryl methyl sites for hydroxylation is 2. The second-order valence-corrected chi connectivity index (χ2v) is 10.5. The van der Waals surface area contributed by atoms with Crippen LogP contribution in [0.2, 0.25) is 0 Å². The van der Waals surface area contributed by atoms with Gasteiger partial charge in [-0.25, -0.2) is 29.5 Å². The number of aromatic carboxylic acids is 1. The molecule has 2 aliphatic heterocycles. The van der Waals surface area contributed by atoms with E-state index in [9.17, 15) is 9.59 Å². The number of benzene rings is 2. The maximum Gasteiger partial charge on any atom is 0.337 e. The summed E-state index contributed by atoms with van der Waals surface area (Å²) in [6.07, 6.45) is 5.12. The van der Waals surface area contributed by atoms with Crippen molar-refractivity contribution >= 4 is 35.2 Å². The fourth-order valence-corrected chi connectivity index (χ4v) is 5.35. The van der Waals surface area contributed by atoms with Crippen molar-refractivity contribution in [2.75, 3.05) is 41.5 Å². The number of hydrogen-bond acceptors (Lipinski definition) is 11. The number of aromatic nitrogens is 4. The van der Waals surface area contributed by atoms with Crippen molar-refractivity contribution in [3.05, 3.63) is 93.6 Å². The number of carboxylic acids is 1. The van der Waals surface area contributed by atoms with E-state index in [0.29, 0.717) is 36.1 Å². The highest BCUT2D eigenvalue weighted by Crippen LogP contribution is 2.29. The molecule has 5 N–H and O–H groups in total. The highest BCUT2D eigenvalue weighted by Gasteiger charge is 2.22. The molecule has 12 nitrogen and oxygen atoms in total. The third-order valence-electron chi connectivity index (χ3n) is 7.67. The minimum atomic E-state index is -0.912. The molecule has 0 spiro atoms. The predicted octanol–water partition coefficient (Wildman–Crippen LogP) is 3.34. The predicted molar refractivity (Wildman–Crippen MR) is 163 cm³/mol. The van der Waals surface area contributed by atoms with Crippen LogP contribution in [0, 0.1) is 13.8 Å². The molecule has 0 radical (unpaired) electrons. The van der Waals surface area contributed by atoms with Gasteiger partial charge in [0.25, 0.3) is 0 Å². The first-order chi connectivity index (χ1) is 20.6. The zero-order chi connectivity index (χ0) is 30.7. The largest absolute Gasteiger partial charge is 0.478 e. The number of carboxylic acid groups (broad SMARTS) is 1. The van der Waals surface area contributed by atoms with E-state index in [1.807, 2.05) is 32.0 Å². The quantitative estimate of drug-likeness (QED) is 0.300. The van der Waals surface area contributed by atoms with Crippen LogP contribution >= 0.6 is 0 Å². The van der Waals surface area contributed by atoms with Crippen LogP contribution in [0.4, 0.5) is 23.3 Å². The summed E-state index contributed by atoms with van der Waals surface area (Å²) in [5.41, 5.74) is 20.3. The second kappa shape index (κ2) is 12.3. The van der Waals surface area contributed by atoms with Crippen LogP contribution in [0.3, 0.4) is 0 Å². The maximum atomic E-state index is 11.7. The maximum absolute atomic E-state index is 11.7. The summed E-state index contributed by atoms with van der Waals surface area (Å²) >= 11 is 0. The van der Waals surface area contributed by atoms with Crippen molar-refractivity contribution in [3.63, 3.8) is 0 Å². The average molecular weight is 583 g/mol. The number of nitrogens with two attached hydrogens (primary N) is 2. The first kappa shape index (κ1) is 29.2. The molecule has 0 aliphatic carbocycles. The number of nitrogen functional groups attached to an aromatic ring is 2. The molecule has 4 aromatic rings. The van der Waals surface area contributed by atoms with E-state index in [2.05, 4.69) is 29.7 Å². The molecule has 222 valence electrons. The fourth-order valence-electron chi connectivity index (χ4n) is 5.35. The number of fused-ring (bicyclic) bond motifs is 2. The summed E-state index contributed by atoms with van der Waals surface area (Å²) in [6, 6.07) is 10.8. The highest BCUT2D eigenvalue weighted by atomic mass is 16.5. The zero-order valence-electron chi connectivity index (χ0n) is 24.4. The Morgan fingerprint density at radius 3 is 1.72 bits per heavy atom. The van der Waals surface area contributed by atoms with Crippen LogP contribution in [0.5, 0.6) is 0 Å². The van der Waals surface area contributed by atoms with E-state index >= 15 is 0 Å². The van der Waals surface area contributed by atoms with Gasteiger partial charge in [0, 0.05) is 73.9 Å². The fraction of sp³-hybridized carbons (Fsp3) is 0.290. The Labute approximate surface area is 249 Å². The van der Waals surface area contributed by atoms with Gasteiger partial charge in [0.1, 0.15) is 0 Å². The lowest BCUT2D eigenvalue weighted by Gasteiger charge is -2.31. The molecule has 2 aromatic heterocycles. The number of carbonyl (C=O) groups is 2. The van der Waals surface area contributed by atoms with E-state index < -0.39 is 5.97 Å². The van der Waals surface area contributed by atoms with Gasteiger partial charge in [0.2, 0.25) is 11.9 Å². The summed E-state index contributed by atoms with van der Waals surface area (Å²) in [5.74, 6) is -0.623. The van der Waals surface area contributed by atoms with Gasteiger partial charge in [-0.3, -0.25) is 0 Å². The Morgan fingerprint density at radius 1 is 0.791 bits per heavy atom. The van der Waals surface area contributed by atoms with Crippen LogP contribution in [0.15, 0.2) is 48.8 Å². The van der Waals surface area contributed by atoms with Crippen molar-refractivity contribution in [2.24, 2.45) is 0 Å². The number of anilines is 4. The lowest BCUT2D eigenvalue weighted by molar-refractivity contribution is 0.0599. The highest BCUT2D eigenvalue weighted by molar-refractivity contribution is 5.91. The second-order valence-electron chi connectivity index (χ2n) is 10.5. The van der Waals surface area contributed by atoms with Gasteiger partial charge in [-0.15, -0.1) is 0 Å². The molecule has 4 heterocycles. The Morgan fingerprint density at radius 2 is 1.26 bits per heavy atom. The monoisotopic (exact) mass is 582 g/mol. The average Bonchev–Trinajstić information content (AvgIpc) is 3.01.